The molecule has 2 rings (SSSR count). The summed E-state index contributed by atoms with van der Waals surface area (Å²) < 4.78 is 23.2. The fraction of sp³-hybridized carbons (Fsp3) is 0.0769. The first-order chi connectivity index (χ1) is 9.05. The van der Waals surface area contributed by atoms with E-state index >= 15 is 0 Å². The quantitative estimate of drug-likeness (QED) is 0.777. The Balaban J connectivity index is 2.39. The lowest BCUT2D eigenvalue weighted by molar-refractivity contribution is 0.334. The van der Waals surface area contributed by atoms with Crippen molar-refractivity contribution in [3.05, 3.63) is 58.6 Å². The number of hydrogen-bond donors (Lipinski definition) is 0. The van der Waals surface area contributed by atoms with Crippen LogP contribution < -0.4 is 9.83 Å². The first kappa shape index (κ1) is 14.4. The van der Waals surface area contributed by atoms with Crippen molar-refractivity contribution in [3.63, 3.8) is 0 Å². The minimum Gasteiger partial charge on any atom is -0.420 e. The van der Waals surface area contributed by atoms with Crippen LogP contribution in [0.5, 0.6) is 5.75 Å². The summed E-state index contributed by atoms with van der Waals surface area (Å²) in [5, 5.41) is 1.21. The highest BCUT2D eigenvalue weighted by molar-refractivity contribution is 7.62. The number of halogens is 2. The molecule has 6 heteroatoms. The standard InChI is InChI=1S/C13H11Cl2O3P/c1-17-19(16,11-5-3-2-4-6-11)18-13-9-10(14)7-8-12(13)15/h2-9H,1H3. The van der Waals surface area contributed by atoms with Gasteiger partial charge in [-0.25, -0.2) is 4.57 Å². The van der Waals surface area contributed by atoms with E-state index in [1.807, 2.05) is 6.07 Å². The average Bonchev–Trinajstić information content (AvgIpc) is 2.44. The summed E-state index contributed by atoms with van der Waals surface area (Å²) in [4.78, 5) is 0. The molecule has 0 N–H and O–H groups in total. The monoisotopic (exact) mass is 316 g/mol. The van der Waals surface area contributed by atoms with Crippen molar-refractivity contribution >= 4 is 36.1 Å². The van der Waals surface area contributed by atoms with Gasteiger partial charge in [-0.2, -0.15) is 0 Å². The lowest BCUT2D eigenvalue weighted by Crippen LogP contribution is -2.10. The third-order valence-corrected chi connectivity index (χ3v) is 4.82. The van der Waals surface area contributed by atoms with Gasteiger partial charge in [-0.3, -0.25) is 4.52 Å². The first-order valence-corrected chi connectivity index (χ1v) is 7.71. The van der Waals surface area contributed by atoms with Gasteiger partial charge in [-0.05, 0) is 24.3 Å². The minimum atomic E-state index is -3.46. The zero-order valence-electron chi connectivity index (χ0n) is 10.0. The Morgan fingerprint density at radius 1 is 1.05 bits per heavy atom. The molecule has 0 saturated heterocycles. The highest BCUT2D eigenvalue weighted by Gasteiger charge is 2.28. The minimum absolute atomic E-state index is 0.225. The van der Waals surface area contributed by atoms with Crippen LogP contribution in [0.1, 0.15) is 0 Å². The van der Waals surface area contributed by atoms with Crippen molar-refractivity contribution in [1.82, 2.24) is 0 Å². The summed E-state index contributed by atoms with van der Waals surface area (Å²) in [7, 11) is -2.14. The summed E-state index contributed by atoms with van der Waals surface area (Å²) in [6.45, 7) is 0. The van der Waals surface area contributed by atoms with Crippen LogP contribution in [0.3, 0.4) is 0 Å². The van der Waals surface area contributed by atoms with Crippen LogP contribution >= 0.6 is 30.8 Å². The molecule has 2 aromatic carbocycles. The molecule has 100 valence electrons. The van der Waals surface area contributed by atoms with Gasteiger partial charge in [-0.15, -0.1) is 0 Å². The van der Waals surface area contributed by atoms with Crippen LogP contribution in [0, 0.1) is 0 Å². The zero-order valence-corrected chi connectivity index (χ0v) is 12.5. The van der Waals surface area contributed by atoms with E-state index in [0.717, 1.165) is 0 Å². The van der Waals surface area contributed by atoms with Crippen LogP contribution in [0.2, 0.25) is 10.0 Å². The Bertz CT molecular complexity index is 617. The second kappa shape index (κ2) is 5.98. The maximum atomic E-state index is 12.7. The number of benzene rings is 2. The van der Waals surface area contributed by atoms with Crippen molar-refractivity contribution in [2.75, 3.05) is 7.11 Å². The molecule has 19 heavy (non-hydrogen) atoms. The van der Waals surface area contributed by atoms with Gasteiger partial charge in [0.15, 0.2) is 0 Å². The maximum Gasteiger partial charge on any atom is 0.410 e. The Labute approximate surface area is 121 Å². The molecule has 0 aliphatic rings. The molecule has 0 bridgehead atoms. The normalized spacial score (nSPS) is 13.8. The third kappa shape index (κ3) is 3.31. The lowest BCUT2D eigenvalue weighted by Gasteiger charge is -2.18. The molecule has 1 unspecified atom stereocenters. The fourth-order valence-electron chi connectivity index (χ4n) is 1.48. The van der Waals surface area contributed by atoms with Crippen LogP contribution in [0.25, 0.3) is 0 Å². The predicted molar refractivity (Wildman–Crippen MR) is 77.8 cm³/mol. The summed E-state index contributed by atoms with van der Waals surface area (Å²) in [6, 6.07) is 13.4. The van der Waals surface area contributed by atoms with Crippen molar-refractivity contribution in [1.29, 1.82) is 0 Å². The van der Waals surface area contributed by atoms with Crippen LogP contribution in [0.4, 0.5) is 0 Å². The summed E-state index contributed by atoms with van der Waals surface area (Å²) in [5.41, 5.74) is 0. The Kier molecular flexibility index (Phi) is 4.54. The van der Waals surface area contributed by atoms with Crippen molar-refractivity contribution in [2.45, 2.75) is 0 Å². The van der Waals surface area contributed by atoms with E-state index in [2.05, 4.69) is 0 Å². The molecule has 0 spiro atoms. The molecule has 3 nitrogen and oxygen atoms in total. The highest BCUT2D eigenvalue weighted by atomic mass is 35.5. The molecule has 0 aliphatic heterocycles. The van der Waals surface area contributed by atoms with E-state index < -0.39 is 7.60 Å². The number of hydrogen-bond acceptors (Lipinski definition) is 3. The van der Waals surface area contributed by atoms with Crippen LogP contribution in [-0.4, -0.2) is 7.11 Å². The largest absolute Gasteiger partial charge is 0.420 e. The molecule has 0 aromatic heterocycles. The smallest absolute Gasteiger partial charge is 0.410 e. The van der Waals surface area contributed by atoms with E-state index in [1.165, 1.54) is 13.2 Å². The van der Waals surface area contributed by atoms with Gasteiger partial charge in [0.05, 0.1) is 10.3 Å². The van der Waals surface area contributed by atoms with E-state index in [0.29, 0.717) is 15.3 Å². The Morgan fingerprint density at radius 3 is 2.37 bits per heavy atom. The first-order valence-electron chi connectivity index (χ1n) is 5.41. The van der Waals surface area contributed by atoms with Gasteiger partial charge in [0, 0.05) is 18.2 Å². The topological polar surface area (TPSA) is 35.5 Å². The lowest BCUT2D eigenvalue weighted by atomic mass is 10.3. The highest BCUT2D eigenvalue weighted by Crippen LogP contribution is 2.48. The van der Waals surface area contributed by atoms with E-state index in [-0.39, 0.29) is 5.75 Å². The Morgan fingerprint density at radius 2 is 1.74 bits per heavy atom. The van der Waals surface area contributed by atoms with Gasteiger partial charge in [0.25, 0.3) is 0 Å². The molecule has 2 aromatic rings. The molecule has 1 atom stereocenters. The predicted octanol–water partition coefficient (Wildman–Crippen LogP) is 4.54. The SMILES string of the molecule is COP(=O)(Oc1cc(Cl)ccc1Cl)c1ccccc1. The van der Waals surface area contributed by atoms with Gasteiger partial charge < -0.3 is 4.52 Å². The Hall–Kier alpha value is -0.990. The van der Waals surface area contributed by atoms with Gasteiger partial charge >= 0.3 is 7.60 Å². The van der Waals surface area contributed by atoms with Crippen molar-refractivity contribution in [2.24, 2.45) is 0 Å². The van der Waals surface area contributed by atoms with Gasteiger partial charge in [0.1, 0.15) is 5.75 Å². The second-order valence-corrected chi connectivity index (χ2v) is 6.58. The van der Waals surface area contributed by atoms with Gasteiger partial charge in [-0.1, -0.05) is 41.4 Å². The average molecular weight is 317 g/mol. The molecule has 0 fully saturated rings. The maximum absolute atomic E-state index is 12.7. The van der Waals surface area contributed by atoms with E-state index in [9.17, 15) is 4.57 Å². The van der Waals surface area contributed by atoms with Gasteiger partial charge in [0.2, 0.25) is 0 Å². The second-order valence-electron chi connectivity index (χ2n) is 3.68. The molecule has 0 heterocycles. The van der Waals surface area contributed by atoms with E-state index in [4.69, 9.17) is 32.2 Å². The van der Waals surface area contributed by atoms with E-state index in [1.54, 1.807) is 36.4 Å². The molecule has 0 aliphatic carbocycles. The zero-order chi connectivity index (χ0) is 13.9. The third-order valence-electron chi connectivity index (χ3n) is 2.42. The van der Waals surface area contributed by atoms with Crippen molar-refractivity contribution < 1.29 is 13.6 Å². The fourth-order valence-corrected chi connectivity index (χ4v) is 3.19. The van der Waals surface area contributed by atoms with Crippen molar-refractivity contribution in [3.8, 4) is 5.75 Å². The molecule has 0 saturated carbocycles. The molecule has 0 amide bonds. The summed E-state index contributed by atoms with van der Waals surface area (Å²) in [6.07, 6.45) is 0. The summed E-state index contributed by atoms with van der Waals surface area (Å²) in [5.74, 6) is 0.225. The molecular weight excluding hydrogens is 306 g/mol. The van der Waals surface area contributed by atoms with Crippen LogP contribution in [-0.2, 0) is 9.09 Å². The van der Waals surface area contributed by atoms with Crippen LogP contribution in [0.15, 0.2) is 48.5 Å². The summed E-state index contributed by atoms with van der Waals surface area (Å²) >= 11 is 11.9. The molecule has 0 radical (unpaired) electrons. The molecular formula is C13H11Cl2O3P. The number of rotatable bonds is 4.